The second-order valence-corrected chi connectivity index (χ2v) is 2.17. The number of hydrogen-bond donors (Lipinski definition) is 0. The van der Waals surface area contributed by atoms with Crippen LogP contribution in [0.5, 0.6) is 0 Å². The summed E-state index contributed by atoms with van der Waals surface area (Å²) in [6, 6.07) is 0. The molecule has 4 nitrogen and oxygen atoms in total. The Morgan fingerprint density at radius 2 is 2.00 bits per heavy atom. The van der Waals surface area contributed by atoms with E-state index >= 15 is 0 Å². The summed E-state index contributed by atoms with van der Waals surface area (Å²) in [6.07, 6.45) is 0.988. The van der Waals surface area contributed by atoms with Gasteiger partial charge in [0.1, 0.15) is 5.78 Å². The Hall–Kier alpha value is -0.900. The molecule has 0 aromatic rings. The molecule has 0 amide bonds. The Morgan fingerprint density at radius 1 is 1.40 bits per heavy atom. The first-order valence-corrected chi connectivity index (χ1v) is 3.20. The fraction of sp³-hybridized carbons (Fsp3) is 0.667. The number of carbonyl (C=O) groups excluding carboxylic acids is 2. The number of hydroxylamine groups is 2. The van der Waals surface area contributed by atoms with Crippen molar-refractivity contribution in [2.75, 3.05) is 13.1 Å². The number of hydrogen-bond acceptors (Lipinski definition) is 4. The van der Waals surface area contributed by atoms with Crippen LogP contribution >= 0.6 is 0 Å². The molecule has 1 fully saturated rings. The van der Waals surface area contributed by atoms with E-state index in [9.17, 15) is 9.59 Å². The zero-order valence-electron chi connectivity index (χ0n) is 5.58. The number of carbonyl (C=O) groups is 2. The average Bonchev–Trinajstić information content (AvgIpc) is 1.95. The van der Waals surface area contributed by atoms with Gasteiger partial charge >= 0.3 is 6.47 Å². The van der Waals surface area contributed by atoms with Crippen molar-refractivity contribution in [3.8, 4) is 0 Å². The predicted octanol–water partition coefficient (Wildman–Crippen LogP) is -0.261. The van der Waals surface area contributed by atoms with Crippen LogP contribution < -0.4 is 0 Å². The highest BCUT2D eigenvalue weighted by Gasteiger charge is 2.16. The first-order chi connectivity index (χ1) is 4.83. The molecule has 0 N–H and O–H groups in total. The molecule has 1 aliphatic heterocycles. The average molecular weight is 143 g/mol. The maximum absolute atomic E-state index is 10.6. The van der Waals surface area contributed by atoms with Crippen molar-refractivity contribution >= 4 is 12.3 Å². The van der Waals surface area contributed by atoms with E-state index in [2.05, 4.69) is 4.84 Å². The molecule has 1 rings (SSSR count). The Balaban J connectivity index is 2.25. The number of nitrogens with zero attached hydrogens (tertiary/aromatic N) is 1. The van der Waals surface area contributed by atoms with Crippen LogP contribution in [0.3, 0.4) is 0 Å². The Kier molecular flexibility index (Phi) is 2.39. The monoisotopic (exact) mass is 143 g/mol. The summed E-state index contributed by atoms with van der Waals surface area (Å²) in [5.41, 5.74) is 0. The zero-order valence-corrected chi connectivity index (χ0v) is 5.58. The van der Waals surface area contributed by atoms with E-state index in [4.69, 9.17) is 0 Å². The Labute approximate surface area is 58.7 Å². The van der Waals surface area contributed by atoms with Gasteiger partial charge in [0.05, 0.1) is 0 Å². The molecule has 0 bridgehead atoms. The lowest BCUT2D eigenvalue weighted by Crippen LogP contribution is -2.33. The number of Topliss-reactive ketones (excluding diaryl/α,β-unsaturated/α-hetero) is 1. The molecule has 0 saturated carbocycles. The van der Waals surface area contributed by atoms with Crippen LogP contribution in [0.15, 0.2) is 0 Å². The molecule has 4 heteroatoms. The maximum Gasteiger partial charge on any atom is 0.312 e. The summed E-state index contributed by atoms with van der Waals surface area (Å²) >= 11 is 0. The molecular formula is C6H9NO3. The number of rotatable bonds is 2. The van der Waals surface area contributed by atoms with Crippen LogP contribution in [-0.4, -0.2) is 30.4 Å². The van der Waals surface area contributed by atoms with Crippen molar-refractivity contribution in [1.29, 1.82) is 0 Å². The first-order valence-electron chi connectivity index (χ1n) is 3.20. The molecule has 0 spiro atoms. The summed E-state index contributed by atoms with van der Waals surface area (Å²) in [4.78, 5) is 25.0. The Bertz CT molecular complexity index is 136. The molecule has 56 valence electrons. The van der Waals surface area contributed by atoms with Crippen LogP contribution in [-0.2, 0) is 14.4 Å². The van der Waals surface area contributed by atoms with Crippen LogP contribution in [0.2, 0.25) is 0 Å². The summed E-state index contributed by atoms with van der Waals surface area (Å²) in [6.45, 7) is 1.46. The van der Waals surface area contributed by atoms with E-state index in [1.165, 1.54) is 5.06 Å². The van der Waals surface area contributed by atoms with Gasteiger partial charge in [-0.1, -0.05) is 0 Å². The summed E-state index contributed by atoms with van der Waals surface area (Å²) < 4.78 is 0. The van der Waals surface area contributed by atoms with Gasteiger partial charge in [0.2, 0.25) is 0 Å². The van der Waals surface area contributed by atoms with E-state index < -0.39 is 0 Å². The zero-order chi connectivity index (χ0) is 7.40. The van der Waals surface area contributed by atoms with Crippen molar-refractivity contribution in [2.24, 2.45) is 0 Å². The molecule has 1 aliphatic rings. The lowest BCUT2D eigenvalue weighted by atomic mass is 10.1. The number of piperidine rings is 1. The van der Waals surface area contributed by atoms with Crippen molar-refractivity contribution in [1.82, 2.24) is 5.06 Å². The van der Waals surface area contributed by atoms with Crippen molar-refractivity contribution in [3.05, 3.63) is 0 Å². The maximum atomic E-state index is 10.6. The third-order valence-corrected chi connectivity index (χ3v) is 1.47. The second-order valence-electron chi connectivity index (χ2n) is 2.17. The topological polar surface area (TPSA) is 46.6 Å². The summed E-state index contributed by atoms with van der Waals surface area (Å²) in [5, 5.41) is 1.49. The summed E-state index contributed by atoms with van der Waals surface area (Å²) in [5.74, 6) is 0.241. The molecule has 0 aliphatic carbocycles. The third kappa shape index (κ3) is 1.80. The number of ketones is 1. The van der Waals surface area contributed by atoms with Gasteiger partial charge in [0, 0.05) is 25.9 Å². The minimum absolute atomic E-state index is 0.241. The highest BCUT2D eigenvalue weighted by atomic mass is 16.7. The van der Waals surface area contributed by atoms with Crippen LogP contribution in [0.1, 0.15) is 12.8 Å². The van der Waals surface area contributed by atoms with Crippen molar-refractivity contribution in [2.45, 2.75) is 12.8 Å². The van der Waals surface area contributed by atoms with E-state index in [0.717, 1.165) is 0 Å². The van der Waals surface area contributed by atoms with Crippen LogP contribution in [0.25, 0.3) is 0 Å². The van der Waals surface area contributed by atoms with Gasteiger partial charge in [-0.25, -0.2) is 0 Å². The minimum atomic E-state index is 0.241. The van der Waals surface area contributed by atoms with Gasteiger partial charge in [-0.15, -0.1) is 5.06 Å². The molecule has 0 radical (unpaired) electrons. The van der Waals surface area contributed by atoms with Crippen molar-refractivity contribution < 1.29 is 14.4 Å². The molecule has 10 heavy (non-hydrogen) atoms. The SMILES string of the molecule is O=CON1CCC(=O)CC1. The minimum Gasteiger partial charge on any atom is -0.371 e. The largest absolute Gasteiger partial charge is 0.371 e. The van der Waals surface area contributed by atoms with E-state index in [0.29, 0.717) is 32.4 Å². The normalized spacial score (nSPS) is 20.6. The highest BCUT2D eigenvalue weighted by Crippen LogP contribution is 2.04. The molecule has 1 heterocycles. The second kappa shape index (κ2) is 3.31. The fourth-order valence-corrected chi connectivity index (χ4v) is 0.902. The molecular weight excluding hydrogens is 134 g/mol. The predicted molar refractivity (Wildman–Crippen MR) is 33.0 cm³/mol. The van der Waals surface area contributed by atoms with Crippen LogP contribution in [0, 0.1) is 0 Å². The van der Waals surface area contributed by atoms with Crippen LogP contribution in [0.4, 0.5) is 0 Å². The van der Waals surface area contributed by atoms with Gasteiger partial charge < -0.3 is 4.84 Å². The van der Waals surface area contributed by atoms with Gasteiger partial charge in [0.25, 0.3) is 0 Å². The third-order valence-electron chi connectivity index (χ3n) is 1.47. The summed E-state index contributed by atoms with van der Waals surface area (Å²) in [7, 11) is 0. The first kappa shape index (κ1) is 7.21. The molecule has 0 atom stereocenters. The molecule has 1 saturated heterocycles. The van der Waals surface area contributed by atoms with E-state index in [-0.39, 0.29) is 5.78 Å². The Morgan fingerprint density at radius 3 is 2.50 bits per heavy atom. The molecule has 0 aromatic carbocycles. The van der Waals surface area contributed by atoms with Gasteiger partial charge in [-0.2, -0.15) is 0 Å². The fourth-order valence-electron chi connectivity index (χ4n) is 0.902. The standard InChI is InChI=1S/C6H9NO3/c8-5-10-7-3-1-6(9)2-4-7/h5H,1-4H2. The van der Waals surface area contributed by atoms with Gasteiger partial charge in [0.15, 0.2) is 0 Å². The van der Waals surface area contributed by atoms with Gasteiger partial charge in [-0.05, 0) is 0 Å². The molecule has 0 aromatic heterocycles. The van der Waals surface area contributed by atoms with E-state index in [1.54, 1.807) is 0 Å². The lowest BCUT2D eigenvalue weighted by molar-refractivity contribution is -0.179. The molecule has 0 unspecified atom stereocenters. The lowest BCUT2D eigenvalue weighted by Gasteiger charge is -2.21. The van der Waals surface area contributed by atoms with Crippen molar-refractivity contribution in [3.63, 3.8) is 0 Å². The smallest absolute Gasteiger partial charge is 0.312 e. The quantitative estimate of drug-likeness (QED) is 0.499. The highest BCUT2D eigenvalue weighted by molar-refractivity contribution is 5.79. The van der Waals surface area contributed by atoms with E-state index in [1.807, 2.05) is 0 Å². The van der Waals surface area contributed by atoms with Gasteiger partial charge in [-0.3, -0.25) is 9.59 Å².